The quantitative estimate of drug-likeness (QED) is 0.862. The third-order valence-electron chi connectivity index (χ3n) is 3.30. The highest BCUT2D eigenvalue weighted by molar-refractivity contribution is 6.35. The second-order valence-corrected chi connectivity index (χ2v) is 5.50. The number of rotatable bonds is 6. The van der Waals surface area contributed by atoms with E-state index >= 15 is 0 Å². The van der Waals surface area contributed by atoms with Gasteiger partial charge in [-0.05, 0) is 25.1 Å². The number of nitrogens with one attached hydrogen (secondary N) is 1. The molecule has 2 aromatic rings. The Kier molecular flexibility index (Phi) is 5.46. The summed E-state index contributed by atoms with van der Waals surface area (Å²) in [6, 6.07) is 5.89. The first-order valence-corrected chi connectivity index (χ1v) is 7.59. The summed E-state index contributed by atoms with van der Waals surface area (Å²) in [5, 5.41) is 9.20. The Balaban J connectivity index is 2.17. The molecule has 20 heavy (non-hydrogen) atoms. The highest BCUT2D eigenvalue weighted by atomic mass is 35.5. The van der Waals surface area contributed by atoms with Gasteiger partial charge in [0.15, 0.2) is 0 Å². The second kappa shape index (κ2) is 7.11. The van der Waals surface area contributed by atoms with Gasteiger partial charge in [-0.2, -0.15) is 5.10 Å². The summed E-state index contributed by atoms with van der Waals surface area (Å²) in [7, 11) is 0. The normalized spacial score (nSPS) is 12.6. The largest absolute Gasteiger partial charge is 0.310 e. The molecule has 0 aliphatic rings. The maximum absolute atomic E-state index is 6.19. The third-order valence-corrected chi connectivity index (χ3v) is 4.00. The maximum Gasteiger partial charge on any atom is 0.0688 e. The van der Waals surface area contributed by atoms with E-state index < -0.39 is 0 Å². The summed E-state index contributed by atoms with van der Waals surface area (Å²) >= 11 is 12.4. The Morgan fingerprint density at radius 2 is 1.95 bits per heavy atom. The highest BCUT2D eigenvalue weighted by Gasteiger charge is 2.12. The van der Waals surface area contributed by atoms with Crippen molar-refractivity contribution in [2.24, 2.45) is 0 Å². The van der Waals surface area contributed by atoms with E-state index in [1.807, 2.05) is 29.1 Å². The molecule has 1 heterocycles. The SMILES string of the molecule is CCNC(CC)c1cnn(Cc2c(Cl)cccc2Cl)c1. The molecule has 0 spiro atoms. The minimum atomic E-state index is 0.343. The van der Waals surface area contributed by atoms with E-state index in [0.717, 1.165) is 18.5 Å². The summed E-state index contributed by atoms with van der Waals surface area (Å²) in [5.74, 6) is 0. The van der Waals surface area contributed by atoms with Gasteiger partial charge < -0.3 is 5.32 Å². The van der Waals surface area contributed by atoms with Gasteiger partial charge in [0.05, 0.1) is 12.7 Å². The lowest BCUT2D eigenvalue weighted by atomic mass is 10.1. The molecule has 0 bridgehead atoms. The van der Waals surface area contributed by atoms with Crippen LogP contribution in [0.25, 0.3) is 0 Å². The van der Waals surface area contributed by atoms with Gasteiger partial charge in [0.1, 0.15) is 0 Å². The zero-order valence-corrected chi connectivity index (χ0v) is 13.2. The standard InChI is InChI=1S/C15H19Cl2N3/c1-3-15(18-4-2)11-8-19-20(9-11)10-12-13(16)6-5-7-14(12)17/h5-9,15,18H,3-4,10H2,1-2H3. The Morgan fingerprint density at radius 3 is 2.55 bits per heavy atom. The van der Waals surface area contributed by atoms with Gasteiger partial charge in [-0.15, -0.1) is 0 Å². The zero-order chi connectivity index (χ0) is 14.5. The molecule has 3 nitrogen and oxygen atoms in total. The Bertz CT molecular complexity index is 546. The van der Waals surface area contributed by atoms with Crippen molar-refractivity contribution in [2.45, 2.75) is 32.9 Å². The van der Waals surface area contributed by atoms with E-state index in [0.29, 0.717) is 22.6 Å². The van der Waals surface area contributed by atoms with Crippen molar-refractivity contribution in [1.29, 1.82) is 0 Å². The van der Waals surface area contributed by atoms with Crippen molar-refractivity contribution in [1.82, 2.24) is 15.1 Å². The maximum atomic E-state index is 6.19. The molecule has 0 fully saturated rings. The molecule has 0 saturated carbocycles. The first kappa shape index (κ1) is 15.4. The fourth-order valence-electron chi connectivity index (χ4n) is 2.24. The summed E-state index contributed by atoms with van der Waals surface area (Å²) < 4.78 is 1.88. The van der Waals surface area contributed by atoms with Crippen LogP contribution in [0, 0.1) is 0 Å². The van der Waals surface area contributed by atoms with E-state index in [1.165, 1.54) is 5.56 Å². The monoisotopic (exact) mass is 311 g/mol. The summed E-state index contributed by atoms with van der Waals surface area (Å²) in [5.41, 5.74) is 2.10. The number of hydrogen-bond acceptors (Lipinski definition) is 2. The number of halogens is 2. The fraction of sp³-hybridized carbons (Fsp3) is 0.400. The van der Waals surface area contributed by atoms with Gasteiger partial charge in [0.2, 0.25) is 0 Å². The molecule has 108 valence electrons. The van der Waals surface area contributed by atoms with Gasteiger partial charge >= 0.3 is 0 Å². The highest BCUT2D eigenvalue weighted by Crippen LogP contribution is 2.25. The van der Waals surface area contributed by atoms with Gasteiger partial charge in [0, 0.05) is 33.4 Å². The summed E-state index contributed by atoms with van der Waals surface area (Å²) in [6.45, 7) is 5.80. The van der Waals surface area contributed by atoms with Crippen molar-refractivity contribution in [3.8, 4) is 0 Å². The average Bonchev–Trinajstić information content (AvgIpc) is 2.89. The predicted octanol–water partition coefficient (Wildman–Crippen LogP) is 4.30. The minimum absolute atomic E-state index is 0.343. The van der Waals surface area contributed by atoms with Crippen LogP contribution in [-0.2, 0) is 6.54 Å². The molecule has 1 atom stereocenters. The van der Waals surface area contributed by atoms with Crippen LogP contribution >= 0.6 is 23.2 Å². The molecule has 1 N–H and O–H groups in total. The molecular weight excluding hydrogens is 293 g/mol. The first-order chi connectivity index (χ1) is 9.65. The molecular formula is C15H19Cl2N3. The van der Waals surface area contributed by atoms with Crippen molar-refractivity contribution >= 4 is 23.2 Å². The number of aromatic nitrogens is 2. The first-order valence-electron chi connectivity index (χ1n) is 6.84. The number of nitrogens with zero attached hydrogens (tertiary/aromatic N) is 2. The second-order valence-electron chi connectivity index (χ2n) is 4.69. The van der Waals surface area contributed by atoms with Gasteiger partial charge in [-0.25, -0.2) is 0 Å². The smallest absolute Gasteiger partial charge is 0.0688 e. The van der Waals surface area contributed by atoms with Crippen molar-refractivity contribution in [2.75, 3.05) is 6.54 Å². The van der Waals surface area contributed by atoms with Crippen LogP contribution in [0.4, 0.5) is 0 Å². The fourth-order valence-corrected chi connectivity index (χ4v) is 2.75. The predicted molar refractivity (Wildman–Crippen MR) is 84.5 cm³/mol. The van der Waals surface area contributed by atoms with E-state index in [-0.39, 0.29) is 0 Å². The Hall–Kier alpha value is -1.03. The Morgan fingerprint density at radius 1 is 1.25 bits per heavy atom. The van der Waals surface area contributed by atoms with Crippen LogP contribution in [0.2, 0.25) is 10.0 Å². The van der Waals surface area contributed by atoms with Crippen LogP contribution in [0.5, 0.6) is 0 Å². The van der Waals surface area contributed by atoms with Crippen LogP contribution in [0.1, 0.15) is 37.4 Å². The minimum Gasteiger partial charge on any atom is -0.310 e. The van der Waals surface area contributed by atoms with E-state index in [2.05, 4.69) is 30.5 Å². The zero-order valence-electron chi connectivity index (χ0n) is 11.7. The summed E-state index contributed by atoms with van der Waals surface area (Å²) in [6.07, 6.45) is 4.99. The van der Waals surface area contributed by atoms with Crippen molar-refractivity contribution in [3.63, 3.8) is 0 Å². The van der Waals surface area contributed by atoms with Crippen LogP contribution in [-0.4, -0.2) is 16.3 Å². The molecule has 1 unspecified atom stereocenters. The van der Waals surface area contributed by atoms with Crippen molar-refractivity contribution in [3.05, 3.63) is 51.8 Å². The number of benzene rings is 1. The molecule has 1 aromatic carbocycles. The molecule has 2 rings (SSSR count). The van der Waals surface area contributed by atoms with E-state index in [4.69, 9.17) is 23.2 Å². The lowest BCUT2D eigenvalue weighted by Crippen LogP contribution is -2.19. The Labute approximate surface area is 129 Å². The van der Waals surface area contributed by atoms with Gasteiger partial charge in [-0.1, -0.05) is 43.1 Å². The lowest BCUT2D eigenvalue weighted by molar-refractivity contribution is 0.536. The number of hydrogen-bond donors (Lipinski definition) is 1. The van der Waals surface area contributed by atoms with Crippen LogP contribution < -0.4 is 5.32 Å². The lowest BCUT2D eigenvalue weighted by Gasteiger charge is -2.13. The summed E-state index contributed by atoms with van der Waals surface area (Å²) in [4.78, 5) is 0. The van der Waals surface area contributed by atoms with E-state index in [1.54, 1.807) is 0 Å². The molecule has 0 saturated heterocycles. The molecule has 0 aliphatic heterocycles. The van der Waals surface area contributed by atoms with Crippen molar-refractivity contribution < 1.29 is 0 Å². The van der Waals surface area contributed by atoms with Gasteiger partial charge in [-0.3, -0.25) is 4.68 Å². The average molecular weight is 312 g/mol. The third kappa shape index (κ3) is 3.54. The van der Waals surface area contributed by atoms with Gasteiger partial charge in [0.25, 0.3) is 0 Å². The molecule has 0 radical (unpaired) electrons. The molecule has 1 aromatic heterocycles. The van der Waals surface area contributed by atoms with Crippen LogP contribution in [0.15, 0.2) is 30.6 Å². The molecule has 0 amide bonds. The topological polar surface area (TPSA) is 29.9 Å². The molecule has 5 heteroatoms. The van der Waals surface area contributed by atoms with E-state index in [9.17, 15) is 0 Å². The van der Waals surface area contributed by atoms with Crippen LogP contribution in [0.3, 0.4) is 0 Å². The molecule has 0 aliphatic carbocycles.